The molecule has 1 rings (SSSR count). The van der Waals surface area contributed by atoms with E-state index in [1.165, 1.54) is 24.3 Å². The van der Waals surface area contributed by atoms with E-state index in [-0.39, 0.29) is 23.4 Å². The Morgan fingerprint density at radius 1 is 0.968 bits per heavy atom. The molecule has 0 fully saturated rings. The van der Waals surface area contributed by atoms with Crippen LogP contribution in [0.15, 0.2) is 41.3 Å². The molecule has 0 spiro atoms. The van der Waals surface area contributed by atoms with E-state index in [4.69, 9.17) is 4.84 Å². The van der Waals surface area contributed by atoms with Crippen LogP contribution in [0.4, 0.5) is 8.78 Å². The normalized spacial score (nSPS) is 11.1. The Morgan fingerprint density at radius 2 is 1.55 bits per heavy atom. The van der Waals surface area contributed by atoms with Crippen molar-refractivity contribution in [1.82, 2.24) is 10.2 Å². The number of nitrogens with one attached hydrogen (secondary N) is 2. The molecular formula is C21H30F2N2O5S. The highest BCUT2D eigenvalue weighted by atomic mass is 32.2. The van der Waals surface area contributed by atoms with Crippen LogP contribution in [-0.4, -0.2) is 26.8 Å². The number of allylic oxidation sites excluding steroid dienone is 1. The number of sulfonamides is 1. The van der Waals surface area contributed by atoms with Crippen LogP contribution in [-0.2, 0) is 19.7 Å². The quantitative estimate of drug-likeness (QED) is 0.315. The van der Waals surface area contributed by atoms with Crippen LogP contribution in [0.3, 0.4) is 0 Å². The van der Waals surface area contributed by atoms with Gasteiger partial charge in [0.25, 0.3) is 12.0 Å². The summed E-state index contributed by atoms with van der Waals surface area (Å²) in [5, 5.41) is 0. The number of hydroxylamine groups is 1. The number of halogens is 2. The lowest BCUT2D eigenvalue weighted by molar-refractivity contribution is -0.149. The summed E-state index contributed by atoms with van der Waals surface area (Å²) in [7, 11) is -3.60. The van der Waals surface area contributed by atoms with Crippen LogP contribution in [0, 0.1) is 0 Å². The minimum absolute atomic E-state index is 0.0355. The molecule has 10 heteroatoms. The zero-order valence-electron chi connectivity index (χ0n) is 17.7. The van der Waals surface area contributed by atoms with E-state index in [1.54, 1.807) is 6.92 Å². The minimum Gasteiger partial charge on any atom is -0.341 e. The highest BCUT2D eigenvalue weighted by Gasteiger charge is 2.14. The van der Waals surface area contributed by atoms with Gasteiger partial charge in [0.15, 0.2) is 0 Å². The van der Waals surface area contributed by atoms with Crippen molar-refractivity contribution in [3.05, 3.63) is 42.0 Å². The average molecular weight is 461 g/mol. The Labute approximate surface area is 182 Å². The molecule has 1 amide bonds. The molecule has 31 heavy (non-hydrogen) atoms. The van der Waals surface area contributed by atoms with Crippen LogP contribution in [0.5, 0.6) is 0 Å². The van der Waals surface area contributed by atoms with Crippen molar-refractivity contribution in [2.45, 2.75) is 69.6 Å². The number of benzene rings is 1. The number of amides is 1. The van der Waals surface area contributed by atoms with E-state index in [9.17, 15) is 26.8 Å². The van der Waals surface area contributed by atoms with Crippen LogP contribution in [0.2, 0.25) is 0 Å². The number of carbonyl (C=O) groups is 2. The minimum atomic E-state index is -3.60. The summed E-state index contributed by atoms with van der Waals surface area (Å²) >= 11 is 0. The summed E-state index contributed by atoms with van der Waals surface area (Å²) in [5.41, 5.74) is 2.22. The third-order valence-electron chi connectivity index (χ3n) is 4.40. The van der Waals surface area contributed by atoms with Gasteiger partial charge in [0, 0.05) is 18.5 Å². The molecule has 0 heterocycles. The third-order valence-corrected chi connectivity index (χ3v) is 5.96. The zero-order valence-corrected chi connectivity index (χ0v) is 18.5. The van der Waals surface area contributed by atoms with E-state index in [0.717, 1.165) is 44.6 Å². The van der Waals surface area contributed by atoms with Crippen LogP contribution in [0.25, 0.3) is 0 Å². The highest BCUT2D eigenvalue weighted by Crippen LogP contribution is 2.12. The van der Waals surface area contributed by atoms with Crippen molar-refractivity contribution < 1.29 is 31.6 Å². The smallest absolute Gasteiger partial charge is 0.332 e. The first-order valence-electron chi connectivity index (χ1n) is 10.4. The zero-order chi connectivity index (χ0) is 23.1. The van der Waals surface area contributed by atoms with Crippen molar-refractivity contribution >= 4 is 21.9 Å². The first kappa shape index (κ1) is 26.7. The molecule has 0 saturated heterocycles. The van der Waals surface area contributed by atoms with E-state index < -0.39 is 28.0 Å². The van der Waals surface area contributed by atoms with Gasteiger partial charge >= 0.3 is 5.97 Å². The molecule has 0 saturated carbocycles. The molecule has 0 aliphatic rings. The second-order valence-electron chi connectivity index (χ2n) is 6.94. The van der Waals surface area contributed by atoms with Gasteiger partial charge in [-0.1, -0.05) is 39.0 Å². The Balaban J connectivity index is 2.18. The molecule has 0 unspecified atom stereocenters. The first-order chi connectivity index (χ1) is 14.8. The van der Waals surface area contributed by atoms with Gasteiger partial charge in [0.05, 0.1) is 4.90 Å². The summed E-state index contributed by atoms with van der Waals surface area (Å²) in [6.45, 7) is 1.91. The van der Waals surface area contributed by atoms with Gasteiger partial charge in [-0.3, -0.25) is 4.79 Å². The van der Waals surface area contributed by atoms with Crippen molar-refractivity contribution in [2.24, 2.45) is 0 Å². The number of unbranched alkanes of at least 4 members (excludes halogenated alkanes) is 7. The summed E-state index contributed by atoms with van der Waals surface area (Å²) < 4.78 is 49.8. The fourth-order valence-corrected chi connectivity index (χ4v) is 3.82. The van der Waals surface area contributed by atoms with Gasteiger partial charge in [0.2, 0.25) is 10.0 Å². The van der Waals surface area contributed by atoms with Gasteiger partial charge in [-0.25, -0.2) is 17.9 Å². The largest absolute Gasteiger partial charge is 0.341 e. The summed E-state index contributed by atoms with van der Waals surface area (Å²) in [4.78, 5) is 28.5. The van der Waals surface area contributed by atoms with Crippen molar-refractivity contribution in [3.8, 4) is 0 Å². The molecule has 1 aromatic rings. The molecule has 2 N–H and O–H groups in total. The SMILES string of the molecule is CCNS(=O)(=O)c1ccc(C(=O)NOC(=O)CCCCCCCCCC=C(F)F)cc1. The van der Waals surface area contributed by atoms with Gasteiger partial charge in [-0.05, 0) is 49.6 Å². The highest BCUT2D eigenvalue weighted by molar-refractivity contribution is 7.89. The average Bonchev–Trinajstić information content (AvgIpc) is 2.73. The second kappa shape index (κ2) is 14.6. The van der Waals surface area contributed by atoms with E-state index >= 15 is 0 Å². The van der Waals surface area contributed by atoms with Crippen molar-refractivity contribution in [1.29, 1.82) is 0 Å². The lowest BCUT2D eigenvalue weighted by Gasteiger charge is -2.07. The number of carbonyl (C=O) groups excluding carboxylic acids is 2. The van der Waals surface area contributed by atoms with Crippen molar-refractivity contribution in [3.63, 3.8) is 0 Å². The van der Waals surface area contributed by atoms with E-state index in [0.29, 0.717) is 12.8 Å². The monoisotopic (exact) mass is 460 g/mol. The Morgan fingerprint density at radius 3 is 2.13 bits per heavy atom. The van der Waals surface area contributed by atoms with E-state index in [1.807, 2.05) is 0 Å². The Hall–Kier alpha value is -2.33. The third kappa shape index (κ3) is 11.6. The maximum absolute atomic E-state index is 12.0. The molecule has 0 bridgehead atoms. The predicted molar refractivity (Wildman–Crippen MR) is 113 cm³/mol. The molecule has 0 aromatic heterocycles. The van der Waals surface area contributed by atoms with Gasteiger partial charge in [-0.2, -0.15) is 14.3 Å². The topological polar surface area (TPSA) is 102 Å². The maximum atomic E-state index is 12.0. The molecule has 7 nitrogen and oxygen atoms in total. The fourth-order valence-electron chi connectivity index (χ4n) is 2.78. The molecular weight excluding hydrogens is 430 g/mol. The van der Waals surface area contributed by atoms with E-state index in [2.05, 4.69) is 10.2 Å². The first-order valence-corrected chi connectivity index (χ1v) is 11.9. The van der Waals surface area contributed by atoms with Gasteiger partial charge < -0.3 is 4.84 Å². The van der Waals surface area contributed by atoms with Crippen LogP contribution < -0.4 is 10.2 Å². The molecule has 174 valence electrons. The molecule has 0 aliphatic carbocycles. The summed E-state index contributed by atoms with van der Waals surface area (Å²) in [6.07, 6.45) is 5.88. The fraction of sp³-hybridized carbons (Fsp3) is 0.524. The van der Waals surface area contributed by atoms with Gasteiger partial charge in [-0.15, -0.1) is 0 Å². The lowest BCUT2D eigenvalue weighted by Crippen LogP contribution is -2.27. The molecule has 0 atom stereocenters. The maximum Gasteiger partial charge on any atom is 0.332 e. The molecule has 1 aromatic carbocycles. The number of hydrogen-bond donors (Lipinski definition) is 2. The number of rotatable bonds is 14. The number of hydrogen-bond acceptors (Lipinski definition) is 5. The lowest BCUT2D eigenvalue weighted by atomic mass is 10.1. The van der Waals surface area contributed by atoms with Crippen LogP contribution in [0.1, 0.15) is 75.1 Å². The summed E-state index contributed by atoms with van der Waals surface area (Å²) in [5.74, 6) is -1.21. The predicted octanol–water partition coefficient (Wildman–Crippen LogP) is 4.46. The molecule has 0 aliphatic heterocycles. The molecule has 0 radical (unpaired) electrons. The Bertz CT molecular complexity index is 823. The summed E-state index contributed by atoms with van der Waals surface area (Å²) in [6, 6.07) is 5.26. The standard InChI is InChI=1S/C21H30F2N2O5S/c1-2-24-31(28,29)18-15-13-17(14-16-18)21(27)25-30-20(26)12-10-8-6-4-3-5-7-9-11-19(22)23/h11,13-16,24H,2-10,12H2,1H3,(H,25,27). The van der Waals surface area contributed by atoms with Crippen LogP contribution >= 0.6 is 0 Å². The second-order valence-corrected chi connectivity index (χ2v) is 8.71. The Kier molecular flexibility index (Phi) is 12.6. The van der Waals surface area contributed by atoms with Crippen molar-refractivity contribution in [2.75, 3.05) is 6.54 Å². The van der Waals surface area contributed by atoms with Gasteiger partial charge in [0.1, 0.15) is 0 Å².